The Morgan fingerprint density at radius 2 is 2.38 bits per heavy atom. The Kier molecular flexibility index (Phi) is 3.53. The number of aromatic nitrogens is 2. The van der Waals surface area contributed by atoms with E-state index >= 15 is 0 Å². The van der Waals surface area contributed by atoms with Crippen LogP contribution in [-0.2, 0) is 4.79 Å². The minimum absolute atomic E-state index is 0.0366. The summed E-state index contributed by atoms with van der Waals surface area (Å²) in [6.07, 6.45) is 5.22. The van der Waals surface area contributed by atoms with Crippen molar-refractivity contribution in [2.75, 3.05) is 25.0 Å². The summed E-state index contributed by atoms with van der Waals surface area (Å²) >= 11 is 0. The predicted molar refractivity (Wildman–Crippen MR) is 60.9 cm³/mol. The summed E-state index contributed by atoms with van der Waals surface area (Å²) in [6.45, 7) is 2.20. The van der Waals surface area contributed by atoms with Gasteiger partial charge >= 0.3 is 0 Å². The molecule has 1 saturated heterocycles. The van der Waals surface area contributed by atoms with Gasteiger partial charge in [-0.1, -0.05) is 0 Å². The lowest BCUT2D eigenvalue weighted by Crippen LogP contribution is -2.43. The van der Waals surface area contributed by atoms with Gasteiger partial charge in [-0.25, -0.2) is 4.98 Å². The highest BCUT2D eigenvalue weighted by Crippen LogP contribution is 2.07. The first-order valence-corrected chi connectivity index (χ1v) is 5.51. The molecule has 6 nitrogen and oxygen atoms in total. The molecule has 0 unspecified atom stereocenters. The van der Waals surface area contributed by atoms with E-state index < -0.39 is 0 Å². The van der Waals surface area contributed by atoms with Crippen LogP contribution in [-0.4, -0.2) is 46.5 Å². The molecule has 6 heteroatoms. The molecule has 88 valence electrons. The fraction of sp³-hybridized carbons (Fsp3) is 0.600. The number of carbonyl (C=O) groups excluding carboxylic acids is 1. The number of nitrogens with two attached hydrogens (primary N) is 1. The van der Waals surface area contributed by atoms with E-state index in [1.807, 2.05) is 0 Å². The fourth-order valence-electron chi connectivity index (χ4n) is 1.82. The third-order valence-electron chi connectivity index (χ3n) is 2.76. The van der Waals surface area contributed by atoms with Crippen molar-refractivity contribution in [1.82, 2.24) is 14.9 Å². The van der Waals surface area contributed by atoms with Crippen LogP contribution in [0, 0.1) is 0 Å². The van der Waals surface area contributed by atoms with E-state index in [2.05, 4.69) is 20.2 Å². The van der Waals surface area contributed by atoms with Gasteiger partial charge in [0.1, 0.15) is 0 Å². The highest BCUT2D eigenvalue weighted by Gasteiger charge is 2.18. The lowest BCUT2D eigenvalue weighted by atomic mass is 10.1. The number of imidazole rings is 1. The van der Waals surface area contributed by atoms with Gasteiger partial charge in [-0.2, -0.15) is 0 Å². The summed E-state index contributed by atoms with van der Waals surface area (Å²) in [4.78, 5) is 20.5. The van der Waals surface area contributed by atoms with E-state index in [1.54, 1.807) is 12.4 Å². The Bertz CT molecular complexity index is 329. The molecule has 0 aromatic carbocycles. The molecule has 2 heterocycles. The highest BCUT2D eigenvalue weighted by molar-refractivity contribution is 5.90. The molecule has 0 aliphatic carbocycles. The normalized spacial score (nSPS) is 18.6. The smallest absolute Gasteiger partial charge is 0.240 e. The molecule has 0 saturated carbocycles. The Balaban J connectivity index is 1.75. The SMILES string of the molecule is NC1CCN(CC(=O)Nc2ncc[nH]2)CC1. The maximum Gasteiger partial charge on any atom is 0.240 e. The van der Waals surface area contributed by atoms with Crippen molar-refractivity contribution in [3.8, 4) is 0 Å². The average molecular weight is 223 g/mol. The molecule has 4 N–H and O–H groups in total. The Morgan fingerprint density at radius 3 is 3.00 bits per heavy atom. The van der Waals surface area contributed by atoms with E-state index in [1.165, 1.54) is 0 Å². The molecule has 1 aromatic rings. The third-order valence-corrected chi connectivity index (χ3v) is 2.76. The molecule has 1 aliphatic rings. The van der Waals surface area contributed by atoms with Crippen LogP contribution in [0.5, 0.6) is 0 Å². The number of hydrogen-bond acceptors (Lipinski definition) is 4. The number of piperidine rings is 1. The lowest BCUT2D eigenvalue weighted by Gasteiger charge is -2.29. The van der Waals surface area contributed by atoms with Crippen molar-refractivity contribution in [3.05, 3.63) is 12.4 Å². The first-order valence-electron chi connectivity index (χ1n) is 5.51. The van der Waals surface area contributed by atoms with Crippen LogP contribution < -0.4 is 11.1 Å². The molecule has 1 aromatic heterocycles. The Hall–Kier alpha value is -1.40. The van der Waals surface area contributed by atoms with Crippen LogP contribution in [0.3, 0.4) is 0 Å². The molecule has 0 radical (unpaired) electrons. The van der Waals surface area contributed by atoms with E-state index in [0.29, 0.717) is 18.5 Å². The van der Waals surface area contributed by atoms with E-state index in [9.17, 15) is 4.79 Å². The standard InChI is InChI=1S/C10H17N5O/c11-8-1-5-15(6-2-8)7-9(16)14-10-12-3-4-13-10/h3-4,8H,1-2,5-7,11H2,(H2,12,13,14,16). The van der Waals surface area contributed by atoms with Crippen molar-refractivity contribution in [2.24, 2.45) is 5.73 Å². The summed E-state index contributed by atoms with van der Waals surface area (Å²) in [5, 5.41) is 2.70. The number of amides is 1. The Morgan fingerprint density at radius 1 is 1.62 bits per heavy atom. The van der Waals surface area contributed by atoms with Gasteiger partial charge in [-0.05, 0) is 12.8 Å². The number of H-pyrrole nitrogens is 1. The largest absolute Gasteiger partial charge is 0.331 e. The molecule has 16 heavy (non-hydrogen) atoms. The second-order valence-electron chi connectivity index (χ2n) is 4.10. The van der Waals surface area contributed by atoms with Crippen LogP contribution in [0.4, 0.5) is 5.95 Å². The molecule has 2 rings (SSSR count). The number of aromatic amines is 1. The first-order chi connectivity index (χ1) is 7.74. The lowest BCUT2D eigenvalue weighted by molar-refractivity contribution is -0.117. The fourth-order valence-corrected chi connectivity index (χ4v) is 1.82. The number of rotatable bonds is 3. The second kappa shape index (κ2) is 5.09. The zero-order valence-corrected chi connectivity index (χ0v) is 9.15. The number of likely N-dealkylation sites (tertiary alicyclic amines) is 1. The maximum absolute atomic E-state index is 11.6. The summed E-state index contributed by atoms with van der Waals surface area (Å²) in [7, 11) is 0. The van der Waals surface area contributed by atoms with Gasteiger partial charge in [0.15, 0.2) is 0 Å². The van der Waals surface area contributed by atoms with Gasteiger partial charge in [0.25, 0.3) is 0 Å². The molecule has 1 fully saturated rings. The molecule has 1 amide bonds. The predicted octanol–water partition coefficient (Wildman–Crippen LogP) is -0.229. The van der Waals surface area contributed by atoms with Crippen molar-refractivity contribution in [3.63, 3.8) is 0 Å². The summed E-state index contributed by atoms with van der Waals surface area (Å²) < 4.78 is 0. The van der Waals surface area contributed by atoms with E-state index in [-0.39, 0.29) is 5.91 Å². The quantitative estimate of drug-likeness (QED) is 0.660. The highest BCUT2D eigenvalue weighted by atomic mass is 16.2. The zero-order valence-electron chi connectivity index (χ0n) is 9.15. The van der Waals surface area contributed by atoms with Gasteiger partial charge in [0.05, 0.1) is 6.54 Å². The minimum Gasteiger partial charge on any atom is -0.331 e. The molecule has 0 atom stereocenters. The number of nitrogens with one attached hydrogen (secondary N) is 2. The second-order valence-corrected chi connectivity index (χ2v) is 4.10. The molecule has 0 spiro atoms. The summed E-state index contributed by atoms with van der Waals surface area (Å²) in [5.41, 5.74) is 5.80. The number of hydrogen-bond donors (Lipinski definition) is 3. The zero-order chi connectivity index (χ0) is 11.4. The van der Waals surface area contributed by atoms with Gasteiger partial charge in [0.2, 0.25) is 11.9 Å². The summed E-state index contributed by atoms with van der Waals surface area (Å²) in [6, 6.07) is 0.296. The van der Waals surface area contributed by atoms with Gasteiger partial charge in [-0.15, -0.1) is 0 Å². The monoisotopic (exact) mass is 223 g/mol. The maximum atomic E-state index is 11.6. The average Bonchev–Trinajstić information content (AvgIpc) is 2.74. The van der Waals surface area contributed by atoms with Crippen LogP contribution in [0.25, 0.3) is 0 Å². The topological polar surface area (TPSA) is 87.0 Å². The number of nitrogens with zero attached hydrogens (tertiary/aromatic N) is 2. The number of anilines is 1. The molecule has 0 bridgehead atoms. The minimum atomic E-state index is -0.0366. The third kappa shape index (κ3) is 3.04. The van der Waals surface area contributed by atoms with Gasteiger partial charge in [0, 0.05) is 31.5 Å². The van der Waals surface area contributed by atoms with Crippen molar-refractivity contribution in [1.29, 1.82) is 0 Å². The van der Waals surface area contributed by atoms with E-state index in [4.69, 9.17) is 5.73 Å². The van der Waals surface area contributed by atoms with Crippen LogP contribution in [0.2, 0.25) is 0 Å². The van der Waals surface area contributed by atoms with Crippen LogP contribution in [0.1, 0.15) is 12.8 Å². The van der Waals surface area contributed by atoms with Crippen LogP contribution in [0.15, 0.2) is 12.4 Å². The van der Waals surface area contributed by atoms with Crippen LogP contribution >= 0.6 is 0 Å². The molecular weight excluding hydrogens is 206 g/mol. The van der Waals surface area contributed by atoms with Gasteiger partial charge in [-0.3, -0.25) is 15.0 Å². The van der Waals surface area contributed by atoms with Crippen molar-refractivity contribution >= 4 is 11.9 Å². The molecular formula is C10H17N5O. The van der Waals surface area contributed by atoms with Crippen molar-refractivity contribution < 1.29 is 4.79 Å². The van der Waals surface area contributed by atoms with E-state index in [0.717, 1.165) is 25.9 Å². The Labute approximate surface area is 94.2 Å². The number of carbonyl (C=O) groups is 1. The molecule has 1 aliphatic heterocycles. The van der Waals surface area contributed by atoms with Crippen molar-refractivity contribution in [2.45, 2.75) is 18.9 Å². The van der Waals surface area contributed by atoms with Gasteiger partial charge < -0.3 is 10.7 Å². The summed E-state index contributed by atoms with van der Waals surface area (Å²) in [5.74, 6) is 0.462. The first kappa shape index (κ1) is 11.1.